The predicted octanol–water partition coefficient (Wildman–Crippen LogP) is 3.08. The number of amides is 2. The molecule has 0 unspecified atom stereocenters. The predicted molar refractivity (Wildman–Crippen MR) is 91.8 cm³/mol. The summed E-state index contributed by atoms with van der Waals surface area (Å²) < 4.78 is 0. The Morgan fingerprint density at radius 3 is 2.22 bits per heavy atom. The maximum atomic E-state index is 12.7. The van der Waals surface area contributed by atoms with E-state index in [1.165, 1.54) is 0 Å². The molecular formula is C19H28N2O2. The highest BCUT2D eigenvalue weighted by atomic mass is 16.2. The van der Waals surface area contributed by atoms with Gasteiger partial charge < -0.3 is 10.2 Å². The lowest BCUT2D eigenvalue weighted by Crippen LogP contribution is -2.55. The van der Waals surface area contributed by atoms with Crippen LogP contribution in [0.3, 0.4) is 0 Å². The number of hydrogen-bond acceptors (Lipinski definition) is 2. The van der Waals surface area contributed by atoms with Crippen LogP contribution in [0.15, 0.2) is 30.3 Å². The van der Waals surface area contributed by atoms with E-state index in [2.05, 4.69) is 17.4 Å². The molecule has 126 valence electrons. The van der Waals surface area contributed by atoms with E-state index in [9.17, 15) is 9.59 Å². The van der Waals surface area contributed by atoms with Crippen molar-refractivity contribution in [3.8, 4) is 0 Å². The van der Waals surface area contributed by atoms with Gasteiger partial charge in [-0.3, -0.25) is 9.59 Å². The van der Waals surface area contributed by atoms with E-state index < -0.39 is 0 Å². The summed E-state index contributed by atoms with van der Waals surface area (Å²) in [6.45, 7) is 8.97. The smallest absolute Gasteiger partial charge is 0.228 e. The van der Waals surface area contributed by atoms with Gasteiger partial charge in [-0.2, -0.15) is 0 Å². The van der Waals surface area contributed by atoms with Gasteiger partial charge in [-0.25, -0.2) is 0 Å². The summed E-state index contributed by atoms with van der Waals surface area (Å²) in [5, 5.41) is 3.15. The van der Waals surface area contributed by atoms with E-state index in [4.69, 9.17) is 0 Å². The summed E-state index contributed by atoms with van der Waals surface area (Å²) >= 11 is 0. The molecule has 0 spiro atoms. The second-order valence-electron chi connectivity index (χ2n) is 7.16. The number of piperidine rings is 1. The molecule has 1 aliphatic rings. The van der Waals surface area contributed by atoms with Gasteiger partial charge in [0.1, 0.15) is 0 Å². The van der Waals surface area contributed by atoms with Crippen LogP contribution in [-0.4, -0.2) is 29.8 Å². The molecule has 1 aromatic carbocycles. The fourth-order valence-electron chi connectivity index (χ4n) is 3.25. The first kappa shape index (κ1) is 17.5. The monoisotopic (exact) mass is 316 g/mol. The number of carbonyl (C=O) groups excluding carboxylic acids is 2. The first-order valence-corrected chi connectivity index (χ1v) is 8.44. The van der Waals surface area contributed by atoms with Crippen LogP contribution in [0.4, 0.5) is 0 Å². The van der Waals surface area contributed by atoms with E-state index in [0.29, 0.717) is 13.1 Å². The molecule has 0 radical (unpaired) electrons. The quantitative estimate of drug-likeness (QED) is 0.928. The van der Waals surface area contributed by atoms with Gasteiger partial charge in [0.2, 0.25) is 11.8 Å². The van der Waals surface area contributed by atoms with Gasteiger partial charge in [0.05, 0.1) is 5.54 Å². The SMILES string of the molecule is CCC(C)(C)C(=O)N1CCC(NC(C)=O)(c2ccccc2)CC1. The lowest BCUT2D eigenvalue weighted by molar-refractivity contribution is -0.142. The summed E-state index contributed by atoms with van der Waals surface area (Å²) in [6.07, 6.45) is 2.34. The number of hydrogen-bond donors (Lipinski definition) is 1. The number of nitrogens with one attached hydrogen (secondary N) is 1. The average molecular weight is 316 g/mol. The largest absolute Gasteiger partial charge is 0.347 e. The van der Waals surface area contributed by atoms with Crippen LogP contribution >= 0.6 is 0 Å². The molecule has 0 aliphatic carbocycles. The molecule has 1 aliphatic heterocycles. The second-order valence-corrected chi connectivity index (χ2v) is 7.16. The van der Waals surface area contributed by atoms with Crippen molar-refractivity contribution < 1.29 is 9.59 Å². The standard InChI is InChI=1S/C19H28N2O2/c1-5-18(3,4)17(23)21-13-11-19(12-14-21,20-15(2)22)16-9-7-6-8-10-16/h6-10H,5,11-14H2,1-4H3,(H,20,22). The third kappa shape index (κ3) is 3.74. The lowest BCUT2D eigenvalue weighted by atomic mass is 9.79. The maximum absolute atomic E-state index is 12.7. The topological polar surface area (TPSA) is 49.4 Å². The summed E-state index contributed by atoms with van der Waals surface area (Å²) in [5.41, 5.74) is 0.443. The molecule has 23 heavy (non-hydrogen) atoms. The molecule has 0 bridgehead atoms. The van der Waals surface area contributed by atoms with Crippen molar-refractivity contribution in [2.75, 3.05) is 13.1 Å². The molecular weight excluding hydrogens is 288 g/mol. The third-order valence-electron chi connectivity index (χ3n) is 5.11. The fraction of sp³-hybridized carbons (Fsp3) is 0.579. The number of rotatable bonds is 4. The van der Waals surface area contributed by atoms with E-state index in [-0.39, 0.29) is 22.8 Å². The Kier molecular flexibility index (Phi) is 5.12. The first-order chi connectivity index (χ1) is 10.8. The van der Waals surface area contributed by atoms with Crippen molar-refractivity contribution in [1.82, 2.24) is 10.2 Å². The first-order valence-electron chi connectivity index (χ1n) is 8.44. The van der Waals surface area contributed by atoms with Crippen molar-refractivity contribution >= 4 is 11.8 Å². The molecule has 1 heterocycles. The van der Waals surface area contributed by atoms with Crippen molar-refractivity contribution in [3.63, 3.8) is 0 Å². The van der Waals surface area contributed by atoms with Gasteiger partial charge in [-0.1, -0.05) is 51.1 Å². The van der Waals surface area contributed by atoms with Gasteiger partial charge in [-0.05, 0) is 24.8 Å². The molecule has 1 N–H and O–H groups in total. The van der Waals surface area contributed by atoms with Crippen molar-refractivity contribution in [2.24, 2.45) is 5.41 Å². The Balaban J connectivity index is 2.18. The summed E-state index contributed by atoms with van der Waals surface area (Å²) in [6, 6.07) is 10.1. The zero-order valence-corrected chi connectivity index (χ0v) is 14.7. The molecule has 1 saturated heterocycles. The van der Waals surface area contributed by atoms with E-state index in [1.807, 2.05) is 43.9 Å². The second kappa shape index (κ2) is 6.73. The number of carbonyl (C=O) groups is 2. The zero-order chi connectivity index (χ0) is 17.1. The van der Waals surface area contributed by atoms with Crippen LogP contribution < -0.4 is 5.32 Å². The van der Waals surface area contributed by atoms with Crippen LogP contribution in [0.25, 0.3) is 0 Å². The molecule has 2 amide bonds. The van der Waals surface area contributed by atoms with E-state index >= 15 is 0 Å². The summed E-state index contributed by atoms with van der Waals surface area (Å²) in [4.78, 5) is 26.3. The molecule has 4 heteroatoms. The zero-order valence-electron chi connectivity index (χ0n) is 14.7. The molecule has 1 fully saturated rings. The Bertz CT molecular complexity index is 558. The van der Waals surface area contributed by atoms with Gasteiger partial charge in [0.15, 0.2) is 0 Å². The molecule has 0 aromatic heterocycles. The van der Waals surface area contributed by atoms with E-state index in [1.54, 1.807) is 6.92 Å². The lowest BCUT2D eigenvalue weighted by Gasteiger charge is -2.44. The minimum atomic E-state index is -0.361. The Morgan fingerprint density at radius 2 is 1.74 bits per heavy atom. The maximum Gasteiger partial charge on any atom is 0.228 e. The highest BCUT2D eigenvalue weighted by molar-refractivity contribution is 5.82. The molecule has 2 rings (SSSR count). The highest BCUT2D eigenvalue weighted by Gasteiger charge is 2.40. The van der Waals surface area contributed by atoms with Crippen LogP contribution in [0, 0.1) is 5.41 Å². The normalized spacial score (nSPS) is 17.7. The van der Waals surface area contributed by atoms with Gasteiger partial charge in [0, 0.05) is 25.4 Å². The molecule has 1 aromatic rings. The molecule has 0 saturated carbocycles. The summed E-state index contributed by atoms with van der Waals surface area (Å²) in [7, 11) is 0. The number of nitrogens with zero attached hydrogens (tertiary/aromatic N) is 1. The van der Waals surface area contributed by atoms with Gasteiger partial charge in [-0.15, -0.1) is 0 Å². The van der Waals surface area contributed by atoms with Crippen LogP contribution in [-0.2, 0) is 15.1 Å². The number of benzene rings is 1. The van der Waals surface area contributed by atoms with Crippen molar-refractivity contribution in [1.29, 1.82) is 0 Å². The Morgan fingerprint density at radius 1 is 1.17 bits per heavy atom. The van der Waals surface area contributed by atoms with Crippen LogP contribution in [0.2, 0.25) is 0 Å². The Labute approximate surface area is 139 Å². The van der Waals surface area contributed by atoms with Crippen molar-refractivity contribution in [3.05, 3.63) is 35.9 Å². The molecule has 0 atom stereocenters. The van der Waals surface area contributed by atoms with Crippen LogP contribution in [0.1, 0.15) is 52.5 Å². The summed E-state index contributed by atoms with van der Waals surface area (Å²) in [5.74, 6) is 0.187. The van der Waals surface area contributed by atoms with Crippen molar-refractivity contribution in [2.45, 2.75) is 52.5 Å². The average Bonchev–Trinajstić information content (AvgIpc) is 2.55. The third-order valence-corrected chi connectivity index (χ3v) is 5.11. The van der Waals surface area contributed by atoms with Gasteiger partial charge in [0.25, 0.3) is 0 Å². The van der Waals surface area contributed by atoms with Gasteiger partial charge >= 0.3 is 0 Å². The highest BCUT2D eigenvalue weighted by Crippen LogP contribution is 2.35. The minimum Gasteiger partial charge on any atom is -0.347 e. The van der Waals surface area contributed by atoms with E-state index in [0.717, 1.165) is 24.8 Å². The minimum absolute atomic E-state index is 0.0254. The fourth-order valence-corrected chi connectivity index (χ4v) is 3.25. The number of likely N-dealkylation sites (tertiary alicyclic amines) is 1. The Hall–Kier alpha value is -1.84. The van der Waals surface area contributed by atoms with Crippen LogP contribution in [0.5, 0.6) is 0 Å². The molecule has 4 nitrogen and oxygen atoms in total.